The third-order valence-electron chi connectivity index (χ3n) is 5.39. The van der Waals surface area contributed by atoms with Gasteiger partial charge in [-0.3, -0.25) is 9.69 Å². The molecule has 1 amide bonds. The number of nitrogens with one attached hydrogen (secondary N) is 1. The fourth-order valence-electron chi connectivity index (χ4n) is 3.98. The number of anilines is 1. The Hall–Kier alpha value is -2.24. The van der Waals surface area contributed by atoms with Crippen molar-refractivity contribution in [1.29, 1.82) is 0 Å². The minimum Gasteiger partial charge on any atom is -0.324 e. The predicted octanol–water partition coefficient (Wildman–Crippen LogP) is 5.67. The molecule has 1 aromatic heterocycles. The van der Waals surface area contributed by atoms with Crippen LogP contribution in [-0.4, -0.2) is 23.9 Å². The molecule has 1 aliphatic rings. The zero-order valence-electron chi connectivity index (χ0n) is 15.9. The minimum absolute atomic E-state index is 0.105. The Balaban J connectivity index is 1.27. The number of hydrogen-bond donors (Lipinski definition) is 1. The van der Waals surface area contributed by atoms with Crippen molar-refractivity contribution in [3.63, 3.8) is 0 Å². The molecule has 2 aromatic carbocycles. The maximum absolute atomic E-state index is 13.7. The molecule has 0 radical (unpaired) electrons. The number of carbonyl (C=O) groups excluding carboxylic acids is 1. The van der Waals surface area contributed by atoms with E-state index >= 15 is 0 Å². The van der Waals surface area contributed by atoms with E-state index in [-0.39, 0.29) is 17.4 Å². The van der Waals surface area contributed by atoms with Gasteiger partial charge in [-0.05, 0) is 61.4 Å². The molecule has 2 heterocycles. The van der Waals surface area contributed by atoms with Gasteiger partial charge in [-0.1, -0.05) is 30.3 Å². The van der Waals surface area contributed by atoms with Crippen molar-refractivity contribution >= 4 is 33.0 Å². The van der Waals surface area contributed by atoms with Crippen LogP contribution in [0, 0.1) is 11.7 Å². The van der Waals surface area contributed by atoms with Crippen LogP contribution in [-0.2, 0) is 11.3 Å². The lowest BCUT2D eigenvalue weighted by Crippen LogP contribution is -2.35. The predicted molar refractivity (Wildman–Crippen MR) is 114 cm³/mol. The number of rotatable bonds is 6. The van der Waals surface area contributed by atoms with Gasteiger partial charge in [-0.25, -0.2) is 4.39 Å². The van der Waals surface area contributed by atoms with Crippen molar-refractivity contribution in [2.45, 2.75) is 32.2 Å². The van der Waals surface area contributed by atoms with Gasteiger partial charge in [0.1, 0.15) is 5.82 Å². The lowest BCUT2D eigenvalue weighted by molar-refractivity contribution is -0.116. The Labute approximate surface area is 169 Å². The number of likely N-dealkylation sites (tertiary alicyclic amines) is 1. The summed E-state index contributed by atoms with van der Waals surface area (Å²) in [6.07, 6.45) is 3.62. The summed E-state index contributed by atoms with van der Waals surface area (Å²) in [7, 11) is 0. The van der Waals surface area contributed by atoms with Crippen LogP contribution >= 0.6 is 11.3 Å². The van der Waals surface area contributed by atoms with Gasteiger partial charge in [0.05, 0.1) is 5.69 Å². The Bertz CT molecular complexity index is 921. The topological polar surface area (TPSA) is 32.3 Å². The zero-order valence-corrected chi connectivity index (χ0v) is 16.7. The van der Waals surface area contributed by atoms with Crippen LogP contribution in [0.15, 0.2) is 54.6 Å². The van der Waals surface area contributed by atoms with Gasteiger partial charge in [0.2, 0.25) is 5.91 Å². The SMILES string of the molecule is O=C(CC[C@H]1CCCN(Cc2cc3ccccc3s2)C1)Nc1ccccc1F. The first kappa shape index (κ1) is 19.1. The highest BCUT2D eigenvalue weighted by Crippen LogP contribution is 2.28. The Kier molecular flexibility index (Phi) is 6.03. The molecule has 1 N–H and O–H groups in total. The van der Waals surface area contributed by atoms with E-state index in [4.69, 9.17) is 0 Å². The lowest BCUT2D eigenvalue weighted by Gasteiger charge is -2.32. The first-order valence-electron chi connectivity index (χ1n) is 9.91. The Morgan fingerprint density at radius 2 is 2.00 bits per heavy atom. The smallest absolute Gasteiger partial charge is 0.224 e. The quantitative estimate of drug-likeness (QED) is 0.582. The number of halogens is 1. The molecular weight excluding hydrogens is 371 g/mol. The number of fused-ring (bicyclic) bond motifs is 1. The number of hydrogen-bond acceptors (Lipinski definition) is 3. The number of piperidine rings is 1. The standard InChI is InChI=1S/C23H25FN2OS/c24-20-8-2-3-9-21(20)25-23(27)12-11-17-6-5-13-26(15-17)16-19-14-18-7-1-4-10-22(18)28-19/h1-4,7-10,14,17H,5-6,11-13,15-16H2,(H,25,27)/t17-/m1/s1. The molecule has 146 valence electrons. The second-order valence-electron chi connectivity index (χ2n) is 7.56. The summed E-state index contributed by atoms with van der Waals surface area (Å²) in [5.74, 6) is 0.0317. The molecular formula is C23H25FN2OS. The summed E-state index contributed by atoms with van der Waals surface area (Å²) >= 11 is 1.87. The first-order valence-corrected chi connectivity index (χ1v) is 10.7. The van der Waals surface area contributed by atoms with Crippen LogP contribution in [0.25, 0.3) is 10.1 Å². The zero-order chi connectivity index (χ0) is 19.3. The summed E-state index contributed by atoms with van der Waals surface area (Å²) in [6, 6.07) is 17.1. The van der Waals surface area contributed by atoms with E-state index < -0.39 is 0 Å². The molecule has 1 atom stereocenters. The molecule has 3 aromatic rings. The van der Waals surface area contributed by atoms with E-state index in [1.807, 2.05) is 11.3 Å². The second-order valence-corrected chi connectivity index (χ2v) is 8.73. The maximum atomic E-state index is 13.7. The number of thiophene rings is 1. The van der Waals surface area contributed by atoms with Crippen molar-refractivity contribution in [2.24, 2.45) is 5.92 Å². The van der Waals surface area contributed by atoms with E-state index in [9.17, 15) is 9.18 Å². The van der Waals surface area contributed by atoms with Crippen molar-refractivity contribution in [3.8, 4) is 0 Å². The van der Waals surface area contributed by atoms with E-state index in [0.29, 0.717) is 12.3 Å². The number of benzene rings is 2. The van der Waals surface area contributed by atoms with Gasteiger partial charge in [0.25, 0.3) is 0 Å². The highest BCUT2D eigenvalue weighted by molar-refractivity contribution is 7.19. The normalized spacial score (nSPS) is 17.7. The highest BCUT2D eigenvalue weighted by Gasteiger charge is 2.21. The van der Waals surface area contributed by atoms with Crippen molar-refractivity contribution in [1.82, 2.24) is 4.90 Å². The van der Waals surface area contributed by atoms with Crippen LogP contribution in [0.5, 0.6) is 0 Å². The summed E-state index contributed by atoms with van der Waals surface area (Å²) in [4.78, 5) is 16.1. The first-order chi connectivity index (χ1) is 13.7. The van der Waals surface area contributed by atoms with Gasteiger partial charge in [0.15, 0.2) is 0 Å². The van der Waals surface area contributed by atoms with E-state index in [0.717, 1.165) is 32.5 Å². The number of para-hydroxylation sites is 1. The average molecular weight is 397 g/mol. The Morgan fingerprint density at radius 3 is 2.86 bits per heavy atom. The van der Waals surface area contributed by atoms with Gasteiger partial charge in [-0.2, -0.15) is 0 Å². The van der Waals surface area contributed by atoms with Crippen LogP contribution in [0.4, 0.5) is 10.1 Å². The molecule has 0 aliphatic carbocycles. The van der Waals surface area contributed by atoms with Crippen LogP contribution < -0.4 is 5.32 Å². The molecule has 1 saturated heterocycles. The maximum Gasteiger partial charge on any atom is 0.224 e. The van der Waals surface area contributed by atoms with Crippen LogP contribution in [0.1, 0.15) is 30.6 Å². The van der Waals surface area contributed by atoms with Gasteiger partial charge in [0, 0.05) is 29.1 Å². The number of nitrogens with zero attached hydrogens (tertiary/aromatic N) is 1. The molecule has 0 unspecified atom stereocenters. The summed E-state index contributed by atoms with van der Waals surface area (Å²) in [5.41, 5.74) is 0.266. The van der Waals surface area contributed by atoms with Gasteiger partial charge in [-0.15, -0.1) is 11.3 Å². The largest absolute Gasteiger partial charge is 0.324 e. The van der Waals surface area contributed by atoms with E-state index in [1.165, 1.54) is 27.5 Å². The third-order valence-corrected chi connectivity index (χ3v) is 6.49. The molecule has 1 aliphatic heterocycles. The Morgan fingerprint density at radius 1 is 1.18 bits per heavy atom. The van der Waals surface area contributed by atoms with Crippen LogP contribution in [0.3, 0.4) is 0 Å². The molecule has 4 rings (SSSR count). The molecule has 0 bridgehead atoms. The lowest BCUT2D eigenvalue weighted by atomic mass is 9.93. The van der Waals surface area contributed by atoms with Gasteiger partial charge < -0.3 is 5.32 Å². The summed E-state index contributed by atoms with van der Waals surface area (Å²) in [6.45, 7) is 3.13. The third kappa shape index (κ3) is 4.78. The van der Waals surface area contributed by atoms with Crippen molar-refractivity contribution in [2.75, 3.05) is 18.4 Å². The number of amides is 1. The van der Waals surface area contributed by atoms with Gasteiger partial charge >= 0.3 is 0 Å². The molecule has 3 nitrogen and oxygen atoms in total. The summed E-state index contributed by atoms with van der Waals surface area (Å²) in [5, 5.41) is 4.01. The second kappa shape index (κ2) is 8.84. The molecule has 1 fully saturated rings. The fourth-order valence-corrected chi connectivity index (χ4v) is 5.08. The van der Waals surface area contributed by atoms with E-state index in [2.05, 4.69) is 40.5 Å². The van der Waals surface area contributed by atoms with E-state index in [1.54, 1.807) is 18.2 Å². The minimum atomic E-state index is -0.386. The van der Waals surface area contributed by atoms with Crippen molar-refractivity contribution in [3.05, 3.63) is 65.3 Å². The van der Waals surface area contributed by atoms with Crippen molar-refractivity contribution < 1.29 is 9.18 Å². The molecule has 5 heteroatoms. The monoisotopic (exact) mass is 396 g/mol. The summed E-state index contributed by atoms with van der Waals surface area (Å²) < 4.78 is 15.0. The molecule has 0 spiro atoms. The highest BCUT2D eigenvalue weighted by atomic mass is 32.1. The average Bonchev–Trinajstić information content (AvgIpc) is 3.11. The molecule has 28 heavy (non-hydrogen) atoms. The molecule has 0 saturated carbocycles. The van der Waals surface area contributed by atoms with Crippen LogP contribution in [0.2, 0.25) is 0 Å². The number of carbonyl (C=O) groups is 1. The fraction of sp³-hybridized carbons (Fsp3) is 0.348.